The van der Waals surface area contributed by atoms with Crippen LogP contribution in [0.3, 0.4) is 0 Å². The minimum Gasteiger partial charge on any atom is -0.489 e. The Balaban J connectivity index is 1.95. The van der Waals surface area contributed by atoms with Gasteiger partial charge in [0.1, 0.15) is 11.9 Å². The molecule has 0 aliphatic carbocycles. The maximum atomic E-state index is 13.4. The number of benzene rings is 1. The summed E-state index contributed by atoms with van der Waals surface area (Å²) in [5.74, 6) is 0.590. The second-order valence-electron chi connectivity index (χ2n) is 6.99. The highest BCUT2D eigenvalue weighted by Crippen LogP contribution is 2.38. The van der Waals surface area contributed by atoms with Gasteiger partial charge >= 0.3 is 0 Å². The summed E-state index contributed by atoms with van der Waals surface area (Å²) in [6, 6.07) is 8.65. The second-order valence-corrected chi connectivity index (χ2v) is 9.33. The molecular weight excluding hydrogens is 386 g/mol. The summed E-state index contributed by atoms with van der Waals surface area (Å²) in [6.07, 6.45) is 2.31. The van der Waals surface area contributed by atoms with Crippen LogP contribution in [0.25, 0.3) is 0 Å². The second kappa shape index (κ2) is 8.14. The van der Waals surface area contributed by atoms with Crippen LogP contribution in [0.5, 0.6) is 5.75 Å². The third-order valence-electron chi connectivity index (χ3n) is 4.42. The van der Waals surface area contributed by atoms with Crippen molar-refractivity contribution in [3.63, 3.8) is 0 Å². The molecule has 2 heterocycles. The van der Waals surface area contributed by atoms with E-state index in [-0.39, 0.29) is 17.5 Å². The van der Waals surface area contributed by atoms with E-state index in [4.69, 9.17) is 16.3 Å². The Hall–Kier alpha value is -1.67. The average molecular weight is 410 g/mol. The fourth-order valence-electron chi connectivity index (χ4n) is 3.03. The summed E-state index contributed by atoms with van der Waals surface area (Å²) in [4.78, 5) is 6.42. The molecule has 1 aromatic heterocycles. The third-order valence-corrected chi connectivity index (χ3v) is 6.52. The topological polar surface area (TPSA) is 62.7 Å². The Morgan fingerprint density at radius 1 is 1.26 bits per heavy atom. The highest BCUT2D eigenvalue weighted by atomic mass is 35.5. The molecule has 0 fully saturated rings. The first kappa shape index (κ1) is 20.1. The van der Waals surface area contributed by atoms with Gasteiger partial charge < -0.3 is 9.64 Å². The first-order valence-electron chi connectivity index (χ1n) is 8.81. The average Bonchev–Trinajstić information content (AvgIpc) is 3.00. The number of pyridine rings is 1. The molecule has 27 heavy (non-hydrogen) atoms. The standard InChI is InChI=1S/C19H24ClN3O3S/c1-14-10-15-11-17(12-18(20)19(15)26-14)27(24,25)23(9-8-22(2)3)13-16-6-4-5-7-21-16/h4-7,11-12,14H,8-10,13H2,1-3H3. The molecule has 0 saturated carbocycles. The number of likely N-dealkylation sites (N-methyl/N-ethyl adjacent to an activating group) is 1. The lowest BCUT2D eigenvalue weighted by molar-refractivity contribution is 0.255. The molecule has 1 aliphatic rings. The van der Waals surface area contributed by atoms with Gasteiger partial charge in [-0.05, 0) is 45.3 Å². The van der Waals surface area contributed by atoms with E-state index in [9.17, 15) is 8.42 Å². The Bertz CT molecular complexity index is 904. The van der Waals surface area contributed by atoms with E-state index in [1.165, 1.54) is 10.4 Å². The van der Waals surface area contributed by atoms with E-state index in [1.807, 2.05) is 44.1 Å². The van der Waals surface area contributed by atoms with E-state index >= 15 is 0 Å². The Labute approximate surface area is 165 Å². The van der Waals surface area contributed by atoms with Crippen molar-refractivity contribution in [3.05, 3.63) is 52.8 Å². The van der Waals surface area contributed by atoms with Crippen molar-refractivity contribution in [1.29, 1.82) is 0 Å². The van der Waals surface area contributed by atoms with Crippen molar-refractivity contribution < 1.29 is 13.2 Å². The van der Waals surface area contributed by atoms with Crippen molar-refractivity contribution in [1.82, 2.24) is 14.2 Å². The van der Waals surface area contributed by atoms with Gasteiger partial charge in [0, 0.05) is 31.3 Å². The van der Waals surface area contributed by atoms with Gasteiger partial charge in [0.25, 0.3) is 0 Å². The van der Waals surface area contributed by atoms with Gasteiger partial charge in [-0.25, -0.2) is 8.42 Å². The molecule has 1 unspecified atom stereocenters. The normalized spacial score (nSPS) is 16.6. The summed E-state index contributed by atoms with van der Waals surface area (Å²) in [5, 5.41) is 0.334. The van der Waals surface area contributed by atoms with Gasteiger partial charge in [-0.3, -0.25) is 4.98 Å². The lowest BCUT2D eigenvalue weighted by atomic mass is 10.1. The zero-order chi connectivity index (χ0) is 19.6. The van der Waals surface area contributed by atoms with Gasteiger partial charge in [-0.1, -0.05) is 17.7 Å². The molecule has 1 aliphatic heterocycles. The van der Waals surface area contributed by atoms with Gasteiger partial charge in [-0.15, -0.1) is 0 Å². The number of hydrogen-bond acceptors (Lipinski definition) is 5. The molecule has 2 aromatic rings. The Kier molecular flexibility index (Phi) is 6.05. The lowest BCUT2D eigenvalue weighted by Crippen LogP contribution is -2.36. The molecule has 146 valence electrons. The third kappa shape index (κ3) is 4.60. The summed E-state index contributed by atoms with van der Waals surface area (Å²) in [7, 11) is 0.0967. The van der Waals surface area contributed by atoms with Gasteiger partial charge in [0.05, 0.1) is 22.2 Å². The Morgan fingerprint density at radius 2 is 2.04 bits per heavy atom. The summed E-state index contributed by atoms with van der Waals surface area (Å²) in [6.45, 7) is 3.10. The molecule has 0 saturated heterocycles. The van der Waals surface area contributed by atoms with Crippen LogP contribution in [0, 0.1) is 0 Å². The van der Waals surface area contributed by atoms with E-state index < -0.39 is 10.0 Å². The highest BCUT2D eigenvalue weighted by Gasteiger charge is 2.30. The lowest BCUT2D eigenvalue weighted by Gasteiger charge is -2.24. The molecule has 0 radical (unpaired) electrons. The van der Waals surface area contributed by atoms with E-state index in [0.717, 1.165) is 5.56 Å². The van der Waals surface area contributed by atoms with Crippen LogP contribution < -0.4 is 4.74 Å². The van der Waals surface area contributed by atoms with E-state index in [1.54, 1.807) is 12.3 Å². The summed E-state index contributed by atoms with van der Waals surface area (Å²) >= 11 is 6.31. The fraction of sp³-hybridized carbons (Fsp3) is 0.421. The van der Waals surface area contributed by atoms with Crippen molar-refractivity contribution >= 4 is 21.6 Å². The highest BCUT2D eigenvalue weighted by molar-refractivity contribution is 7.89. The zero-order valence-electron chi connectivity index (χ0n) is 15.7. The molecule has 6 nitrogen and oxygen atoms in total. The minimum absolute atomic E-state index is 0.00573. The van der Waals surface area contributed by atoms with Crippen molar-refractivity contribution in [2.45, 2.75) is 30.9 Å². The van der Waals surface area contributed by atoms with Gasteiger partial charge in [0.15, 0.2) is 0 Å². The Morgan fingerprint density at radius 3 is 2.70 bits per heavy atom. The smallest absolute Gasteiger partial charge is 0.243 e. The van der Waals surface area contributed by atoms with Crippen LogP contribution in [0.15, 0.2) is 41.4 Å². The first-order valence-corrected chi connectivity index (χ1v) is 10.6. The van der Waals surface area contributed by atoms with Crippen molar-refractivity contribution in [2.75, 3.05) is 27.2 Å². The predicted molar refractivity (Wildman–Crippen MR) is 106 cm³/mol. The SMILES string of the molecule is CC1Cc2cc(S(=O)(=O)N(CCN(C)C)Cc3ccccn3)cc(Cl)c2O1. The number of rotatable bonds is 7. The number of nitrogens with zero attached hydrogens (tertiary/aromatic N) is 3. The van der Waals surface area contributed by atoms with Crippen LogP contribution >= 0.6 is 11.6 Å². The number of aromatic nitrogens is 1. The van der Waals surface area contributed by atoms with Crippen LogP contribution in [0.4, 0.5) is 0 Å². The molecule has 3 rings (SSSR count). The zero-order valence-corrected chi connectivity index (χ0v) is 17.3. The van der Waals surface area contributed by atoms with Crippen LogP contribution in [0.1, 0.15) is 18.2 Å². The molecule has 0 bridgehead atoms. The number of fused-ring (bicyclic) bond motifs is 1. The van der Waals surface area contributed by atoms with E-state index in [2.05, 4.69) is 4.98 Å². The fourth-order valence-corrected chi connectivity index (χ4v) is 4.85. The van der Waals surface area contributed by atoms with Crippen molar-refractivity contribution in [3.8, 4) is 5.75 Å². The van der Waals surface area contributed by atoms with Crippen LogP contribution in [-0.4, -0.2) is 55.9 Å². The molecule has 8 heteroatoms. The maximum absolute atomic E-state index is 13.4. The van der Waals surface area contributed by atoms with Gasteiger partial charge in [-0.2, -0.15) is 4.31 Å². The number of halogens is 1. The number of ether oxygens (including phenoxy) is 1. The minimum atomic E-state index is -3.73. The largest absolute Gasteiger partial charge is 0.489 e. The molecule has 1 atom stereocenters. The summed E-state index contributed by atoms with van der Waals surface area (Å²) < 4.78 is 33.9. The number of sulfonamides is 1. The van der Waals surface area contributed by atoms with Crippen molar-refractivity contribution in [2.24, 2.45) is 0 Å². The van der Waals surface area contributed by atoms with Crippen LogP contribution in [0.2, 0.25) is 5.02 Å². The monoisotopic (exact) mass is 409 g/mol. The molecule has 0 N–H and O–H groups in total. The van der Waals surface area contributed by atoms with E-state index in [0.29, 0.717) is 36.0 Å². The number of hydrogen-bond donors (Lipinski definition) is 0. The maximum Gasteiger partial charge on any atom is 0.243 e. The molecule has 1 aromatic carbocycles. The quantitative estimate of drug-likeness (QED) is 0.703. The molecule has 0 spiro atoms. The molecular formula is C19H24ClN3O3S. The van der Waals surface area contributed by atoms with Crippen LogP contribution in [-0.2, 0) is 23.0 Å². The molecule has 0 amide bonds. The first-order chi connectivity index (χ1) is 12.8. The van der Waals surface area contributed by atoms with Gasteiger partial charge in [0.2, 0.25) is 10.0 Å². The predicted octanol–water partition coefficient (Wildman–Crippen LogP) is 2.81. The summed E-state index contributed by atoms with van der Waals surface area (Å²) in [5.41, 5.74) is 1.53.